The predicted octanol–water partition coefficient (Wildman–Crippen LogP) is -3.54. The molecule has 0 saturated heterocycles. The van der Waals surface area contributed by atoms with Gasteiger partial charge in [-0.2, -0.15) is 0 Å². The van der Waals surface area contributed by atoms with Gasteiger partial charge in [0, 0.05) is 6.61 Å². The molecule has 0 aromatic carbocycles. The Bertz CT molecular complexity index is 152. The smallest absolute Gasteiger partial charge is 0.725 e. The van der Waals surface area contributed by atoms with Crippen LogP contribution in [0.1, 0.15) is 6.92 Å². The zero-order valence-corrected chi connectivity index (χ0v) is 6.68. The number of hydrogen-bond donors (Lipinski definition) is 0. The maximum atomic E-state index is 9.65. The average molecular weight is 162 g/mol. The molecular weight excluding hydrogens is 155 g/mol. The van der Waals surface area contributed by atoms with Crippen molar-refractivity contribution in [1.82, 2.24) is 0 Å². The number of ether oxygens (including phenoxy) is 1. The van der Waals surface area contributed by atoms with Gasteiger partial charge in [0.2, 0.25) is 10.4 Å². The first kappa shape index (κ1) is 13.0. The standard InChI is InChI=1S/C3H8O5S.Li/c1-2-7-3-8-9(4,5)6;/h2-3H2,1H3,(H,4,5,6);/q;+1/p-1. The molecule has 56 valence electrons. The maximum absolute atomic E-state index is 9.65. The van der Waals surface area contributed by atoms with E-state index in [0.29, 0.717) is 6.61 Å². The Kier molecular flexibility index (Phi) is 8.04. The summed E-state index contributed by atoms with van der Waals surface area (Å²) in [6.45, 7) is 1.47. The van der Waals surface area contributed by atoms with Crippen LogP contribution < -0.4 is 18.9 Å². The van der Waals surface area contributed by atoms with E-state index in [-0.39, 0.29) is 18.9 Å². The molecule has 0 aliphatic heterocycles. The monoisotopic (exact) mass is 162 g/mol. The summed E-state index contributed by atoms with van der Waals surface area (Å²) in [5.74, 6) is 0. The van der Waals surface area contributed by atoms with Gasteiger partial charge < -0.3 is 9.29 Å². The van der Waals surface area contributed by atoms with E-state index in [2.05, 4.69) is 8.92 Å². The van der Waals surface area contributed by atoms with Crippen molar-refractivity contribution in [3.63, 3.8) is 0 Å². The van der Waals surface area contributed by atoms with Gasteiger partial charge in [-0.05, 0) is 6.92 Å². The van der Waals surface area contributed by atoms with Crippen molar-refractivity contribution in [3.05, 3.63) is 0 Å². The van der Waals surface area contributed by atoms with Crippen LogP contribution in [0.4, 0.5) is 0 Å². The summed E-state index contributed by atoms with van der Waals surface area (Å²) in [5.41, 5.74) is 0. The molecule has 0 atom stereocenters. The summed E-state index contributed by atoms with van der Waals surface area (Å²) in [4.78, 5) is 0. The van der Waals surface area contributed by atoms with Crippen LogP contribution >= 0.6 is 0 Å². The number of rotatable bonds is 4. The van der Waals surface area contributed by atoms with Gasteiger partial charge in [-0.25, -0.2) is 8.42 Å². The minimum atomic E-state index is -4.57. The molecule has 10 heavy (non-hydrogen) atoms. The van der Waals surface area contributed by atoms with Crippen molar-refractivity contribution >= 4 is 10.4 Å². The van der Waals surface area contributed by atoms with Crippen LogP contribution in [-0.4, -0.2) is 26.4 Å². The molecule has 7 heteroatoms. The van der Waals surface area contributed by atoms with Gasteiger partial charge in [-0.15, -0.1) is 0 Å². The van der Waals surface area contributed by atoms with Crippen LogP contribution in [0.25, 0.3) is 0 Å². The van der Waals surface area contributed by atoms with Gasteiger partial charge in [-0.1, -0.05) is 0 Å². The molecule has 0 spiro atoms. The average Bonchev–Trinajstić information content (AvgIpc) is 1.63. The molecule has 0 aromatic rings. The molecule has 0 saturated carbocycles. The SMILES string of the molecule is CCOCOS(=O)(=O)[O-].[Li+]. The molecule has 0 fully saturated rings. The first-order valence-electron chi connectivity index (χ1n) is 2.24. The molecule has 5 nitrogen and oxygen atoms in total. The Labute approximate surface area is 71.8 Å². The summed E-state index contributed by atoms with van der Waals surface area (Å²) in [5, 5.41) is 0. The van der Waals surface area contributed by atoms with Gasteiger partial charge in [0.15, 0.2) is 6.79 Å². The van der Waals surface area contributed by atoms with Crippen molar-refractivity contribution in [2.24, 2.45) is 0 Å². The summed E-state index contributed by atoms with van der Waals surface area (Å²) >= 11 is 0. The second-order valence-electron chi connectivity index (χ2n) is 1.14. The topological polar surface area (TPSA) is 75.7 Å². The minimum absolute atomic E-state index is 0. The van der Waals surface area contributed by atoms with E-state index in [1.807, 2.05) is 0 Å². The van der Waals surface area contributed by atoms with Gasteiger partial charge in [-0.3, -0.25) is 4.18 Å². The van der Waals surface area contributed by atoms with Crippen molar-refractivity contribution in [2.75, 3.05) is 13.4 Å². The van der Waals surface area contributed by atoms with E-state index < -0.39 is 17.2 Å². The summed E-state index contributed by atoms with van der Waals surface area (Å²) in [6, 6.07) is 0. The van der Waals surface area contributed by atoms with Crippen LogP contribution in [-0.2, 0) is 19.3 Å². The fourth-order valence-corrected chi connectivity index (χ4v) is 0.362. The molecule has 0 aliphatic carbocycles. The summed E-state index contributed by atoms with van der Waals surface area (Å²) < 4.78 is 37.0. The van der Waals surface area contributed by atoms with Gasteiger partial charge >= 0.3 is 18.9 Å². The molecule has 0 heterocycles. The quantitative estimate of drug-likeness (QED) is 0.141. The summed E-state index contributed by atoms with van der Waals surface area (Å²) in [6.07, 6.45) is 0. The first-order chi connectivity index (χ1) is 4.06. The molecule has 0 bridgehead atoms. The third-order valence-electron chi connectivity index (χ3n) is 0.480. The minimum Gasteiger partial charge on any atom is -0.725 e. The Balaban J connectivity index is 0. The Morgan fingerprint density at radius 3 is 2.30 bits per heavy atom. The second-order valence-corrected chi connectivity index (χ2v) is 2.19. The zero-order valence-electron chi connectivity index (χ0n) is 5.86. The van der Waals surface area contributed by atoms with Crippen molar-refractivity contribution in [3.8, 4) is 0 Å². The fourth-order valence-electron chi connectivity index (χ4n) is 0.176. The van der Waals surface area contributed by atoms with E-state index in [1.165, 1.54) is 0 Å². The van der Waals surface area contributed by atoms with Crippen LogP contribution in [0.3, 0.4) is 0 Å². The van der Waals surface area contributed by atoms with Gasteiger partial charge in [0.1, 0.15) is 0 Å². The Hall–Kier alpha value is 0.427. The van der Waals surface area contributed by atoms with Crippen molar-refractivity contribution in [2.45, 2.75) is 6.92 Å². The second kappa shape index (κ2) is 6.16. The van der Waals surface area contributed by atoms with Crippen molar-refractivity contribution in [1.29, 1.82) is 0 Å². The molecule has 0 aromatic heterocycles. The molecule has 0 aliphatic rings. The predicted molar refractivity (Wildman–Crippen MR) is 27.3 cm³/mol. The van der Waals surface area contributed by atoms with Crippen LogP contribution in [0.15, 0.2) is 0 Å². The third kappa shape index (κ3) is 11.3. The van der Waals surface area contributed by atoms with E-state index in [9.17, 15) is 13.0 Å². The zero-order chi connectivity index (χ0) is 7.33. The van der Waals surface area contributed by atoms with E-state index in [1.54, 1.807) is 6.92 Å². The molecule has 0 rings (SSSR count). The van der Waals surface area contributed by atoms with Crippen LogP contribution in [0.5, 0.6) is 0 Å². The third-order valence-corrected chi connectivity index (χ3v) is 0.865. The summed E-state index contributed by atoms with van der Waals surface area (Å²) in [7, 11) is -4.57. The Morgan fingerprint density at radius 1 is 1.50 bits per heavy atom. The molecule has 0 unspecified atom stereocenters. The molecule has 0 N–H and O–H groups in total. The number of hydrogen-bond acceptors (Lipinski definition) is 5. The maximum Gasteiger partial charge on any atom is 1.00 e. The van der Waals surface area contributed by atoms with Crippen LogP contribution in [0.2, 0.25) is 0 Å². The first-order valence-corrected chi connectivity index (χ1v) is 3.57. The fraction of sp³-hybridized carbons (Fsp3) is 1.00. The van der Waals surface area contributed by atoms with Crippen LogP contribution in [0, 0.1) is 0 Å². The molecule has 0 radical (unpaired) electrons. The molecule has 0 amide bonds. The normalized spacial score (nSPS) is 10.6. The van der Waals surface area contributed by atoms with Crippen molar-refractivity contribution < 1.29 is 40.8 Å². The Morgan fingerprint density at radius 2 is 2.00 bits per heavy atom. The largest absolute Gasteiger partial charge is 1.00 e. The van der Waals surface area contributed by atoms with Gasteiger partial charge in [0.25, 0.3) is 0 Å². The van der Waals surface area contributed by atoms with Gasteiger partial charge in [0.05, 0.1) is 0 Å². The van der Waals surface area contributed by atoms with E-state index in [4.69, 9.17) is 0 Å². The van der Waals surface area contributed by atoms with E-state index >= 15 is 0 Å². The molecular formula is C3H7LiO5S. The van der Waals surface area contributed by atoms with E-state index in [0.717, 1.165) is 0 Å².